The van der Waals surface area contributed by atoms with Crippen molar-refractivity contribution in [2.75, 3.05) is 20.2 Å². The van der Waals surface area contributed by atoms with Crippen molar-refractivity contribution in [1.29, 1.82) is 0 Å². The van der Waals surface area contributed by atoms with E-state index in [1.807, 2.05) is 0 Å². The Hall–Kier alpha value is -1.92. The number of methoxy groups -OCH3 is 1. The number of para-hydroxylation sites is 1. The van der Waals surface area contributed by atoms with Crippen LogP contribution in [0.2, 0.25) is 0 Å². The number of benzene rings is 1. The first-order chi connectivity index (χ1) is 14.6. The molecule has 5 nitrogen and oxygen atoms in total. The van der Waals surface area contributed by atoms with E-state index in [1.54, 1.807) is 18.6 Å². The maximum atomic E-state index is 5.80. The molecule has 0 saturated heterocycles. The van der Waals surface area contributed by atoms with E-state index >= 15 is 0 Å². The summed E-state index contributed by atoms with van der Waals surface area (Å²) < 4.78 is 13.2. The largest absolute Gasteiger partial charge is 0.495 e. The normalized spacial score (nSPS) is 16.5. The van der Waals surface area contributed by atoms with Gasteiger partial charge in [-0.2, -0.15) is 4.37 Å². The van der Waals surface area contributed by atoms with Gasteiger partial charge >= 0.3 is 0 Å². The van der Waals surface area contributed by atoms with Gasteiger partial charge in [-0.3, -0.25) is 4.90 Å². The SMILES string of the molecule is CCN(CC)C(C)c1nc(-c2c(C)n(C3CCCCC3)c3c(OC)cccc23)ns1. The third-order valence-electron chi connectivity index (χ3n) is 6.77. The van der Waals surface area contributed by atoms with Crippen molar-refractivity contribution in [3.63, 3.8) is 0 Å². The number of hydrogen-bond acceptors (Lipinski definition) is 5. The fourth-order valence-electron chi connectivity index (χ4n) is 5.13. The molecule has 1 saturated carbocycles. The monoisotopic (exact) mass is 426 g/mol. The van der Waals surface area contributed by atoms with Crippen LogP contribution in [0.1, 0.15) is 75.7 Å². The lowest BCUT2D eigenvalue weighted by atomic mass is 9.95. The number of ether oxygens (including phenoxy) is 1. The summed E-state index contributed by atoms with van der Waals surface area (Å²) in [6, 6.07) is 7.18. The van der Waals surface area contributed by atoms with Gasteiger partial charge in [0.25, 0.3) is 0 Å². The molecule has 0 aliphatic heterocycles. The topological polar surface area (TPSA) is 43.2 Å². The van der Waals surface area contributed by atoms with Gasteiger partial charge in [-0.15, -0.1) is 0 Å². The van der Waals surface area contributed by atoms with Crippen molar-refractivity contribution in [3.8, 4) is 17.1 Å². The molecule has 162 valence electrons. The van der Waals surface area contributed by atoms with Gasteiger partial charge in [-0.05, 0) is 57.4 Å². The fourth-order valence-corrected chi connectivity index (χ4v) is 5.87. The summed E-state index contributed by atoms with van der Waals surface area (Å²) in [5.74, 6) is 1.80. The number of nitrogens with zero attached hydrogens (tertiary/aromatic N) is 4. The molecule has 2 heterocycles. The van der Waals surface area contributed by atoms with E-state index in [-0.39, 0.29) is 6.04 Å². The Labute approximate surface area is 184 Å². The van der Waals surface area contributed by atoms with Gasteiger partial charge in [-0.25, -0.2) is 4.98 Å². The predicted molar refractivity (Wildman–Crippen MR) is 126 cm³/mol. The third-order valence-corrected chi connectivity index (χ3v) is 7.66. The lowest BCUT2D eigenvalue weighted by molar-refractivity contribution is 0.234. The first-order valence-electron chi connectivity index (χ1n) is 11.4. The average molecular weight is 427 g/mol. The van der Waals surface area contributed by atoms with E-state index in [0.717, 1.165) is 29.7 Å². The molecule has 30 heavy (non-hydrogen) atoms. The summed E-state index contributed by atoms with van der Waals surface area (Å²) in [6.45, 7) is 10.9. The molecule has 2 aromatic heterocycles. The third kappa shape index (κ3) is 3.65. The fraction of sp³-hybridized carbons (Fsp3) is 0.583. The maximum absolute atomic E-state index is 5.80. The number of rotatable bonds is 7. The molecule has 1 atom stereocenters. The molecule has 0 N–H and O–H groups in total. The number of fused-ring (bicyclic) bond motifs is 1. The van der Waals surface area contributed by atoms with Crippen LogP contribution in [0.25, 0.3) is 22.3 Å². The first-order valence-corrected chi connectivity index (χ1v) is 12.1. The van der Waals surface area contributed by atoms with Crippen molar-refractivity contribution < 1.29 is 4.74 Å². The van der Waals surface area contributed by atoms with Gasteiger partial charge in [0.15, 0.2) is 5.82 Å². The predicted octanol–water partition coefficient (Wildman–Crippen LogP) is 6.38. The highest BCUT2D eigenvalue weighted by atomic mass is 32.1. The van der Waals surface area contributed by atoms with Crippen molar-refractivity contribution >= 4 is 22.4 Å². The van der Waals surface area contributed by atoms with E-state index in [1.165, 1.54) is 54.3 Å². The summed E-state index contributed by atoms with van der Waals surface area (Å²) in [5.41, 5.74) is 3.64. The van der Waals surface area contributed by atoms with Crippen LogP contribution < -0.4 is 4.74 Å². The van der Waals surface area contributed by atoms with Crippen LogP contribution in [-0.2, 0) is 0 Å². The molecule has 1 unspecified atom stereocenters. The number of aromatic nitrogens is 3. The molecule has 0 amide bonds. The molecule has 1 aromatic carbocycles. The number of hydrogen-bond donors (Lipinski definition) is 0. The molecule has 0 spiro atoms. The van der Waals surface area contributed by atoms with Crippen LogP contribution in [-0.4, -0.2) is 39.0 Å². The Balaban J connectivity index is 1.85. The molecule has 1 fully saturated rings. The maximum Gasteiger partial charge on any atom is 0.175 e. The van der Waals surface area contributed by atoms with Gasteiger partial charge in [0.2, 0.25) is 0 Å². The minimum atomic E-state index is 0.285. The molecular weight excluding hydrogens is 392 g/mol. The van der Waals surface area contributed by atoms with Gasteiger partial charge in [0.05, 0.1) is 18.7 Å². The zero-order valence-corrected chi connectivity index (χ0v) is 19.8. The quantitative estimate of drug-likeness (QED) is 0.439. The average Bonchev–Trinajstić information content (AvgIpc) is 3.36. The molecular formula is C24H34N4OS. The molecule has 4 rings (SSSR count). The van der Waals surface area contributed by atoms with Crippen LogP contribution >= 0.6 is 11.5 Å². The smallest absolute Gasteiger partial charge is 0.175 e. The second kappa shape index (κ2) is 9.06. The minimum absolute atomic E-state index is 0.285. The van der Waals surface area contributed by atoms with Gasteiger partial charge in [0.1, 0.15) is 10.8 Å². The summed E-state index contributed by atoms with van der Waals surface area (Å²) >= 11 is 1.54. The molecule has 6 heteroatoms. The van der Waals surface area contributed by atoms with Crippen molar-refractivity contribution in [3.05, 3.63) is 28.9 Å². The second-order valence-corrected chi connectivity index (χ2v) is 9.12. The lowest BCUT2D eigenvalue weighted by Gasteiger charge is -2.26. The van der Waals surface area contributed by atoms with Crippen LogP contribution in [0.4, 0.5) is 0 Å². The van der Waals surface area contributed by atoms with Crippen LogP contribution in [0.15, 0.2) is 18.2 Å². The van der Waals surface area contributed by atoms with Crippen LogP contribution in [0.5, 0.6) is 5.75 Å². The Morgan fingerprint density at radius 2 is 1.93 bits per heavy atom. The van der Waals surface area contributed by atoms with E-state index in [0.29, 0.717) is 6.04 Å². The Bertz CT molecular complexity index is 998. The van der Waals surface area contributed by atoms with E-state index in [2.05, 4.69) is 55.4 Å². The van der Waals surface area contributed by atoms with Gasteiger partial charge in [-0.1, -0.05) is 45.2 Å². The van der Waals surface area contributed by atoms with E-state index in [4.69, 9.17) is 14.1 Å². The molecule has 1 aliphatic carbocycles. The van der Waals surface area contributed by atoms with E-state index < -0.39 is 0 Å². The van der Waals surface area contributed by atoms with Crippen molar-refractivity contribution in [2.24, 2.45) is 0 Å². The highest BCUT2D eigenvalue weighted by molar-refractivity contribution is 7.05. The molecule has 1 aliphatic rings. The summed E-state index contributed by atoms with van der Waals surface area (Å²) in [7, 11) is 1.77. The summed E-state index contributed by atoms with van der Waals surface area (Å²) in [5, 5.41) is 2.30. The van der Waals surface area contributed by atoms with Crippen LogP contribution in [0, 0.1) is 6.92 Å². The Morgan fingerprint density at radius 3 is 2.60 bits per heavy atom. The van der Waals surface area contributed by atoms with E-state index in [9.17, 15) is 0 Å². The van der Waals surface area contributed by atoms with Gasteiger partial charge in [0, 0.05) is 22.7 Å². The molecule has 0 bridgehead atoms. The van der Waals surface area contributed by atoms with Crippen molar-refractivity contribution in [2.45, 2.75) is 71.9 Å². The highest BCUT2D eigenvalue weighted by Gasteiger charge is 2.27. The minimum Gasteiger partial charge on any atom is -0.495 e. The van der Waals surface area contributed by atoms with Crippen LogP contribution in [0.3, 0.4) is 0 Å². The zero-order valence-electron chi connectivity index (χ0n) is 18.9. The van der Waals surface area contributed by atoms with Crippen molar-refractivity contribution in [1.82, 2.24) is 18.8 Å². The van der Waals surface area contributed by atoms with Gasteiger partial charge < -0.3 is 9.30 Å². The summed E-state index contributed by atoms with van der Waals surface area (Å²) in [6.07, 6.45) is 6.41. The molecule has 0 radical (unpaired) electrons. The lowest BCUT2D eigenvalue weighted by Crippen LogP contribution is -2.26. The zero-order chi connectivity index (χ0) is 21.3. The molecule has 3 aromatic rings. The highest BCUT2D eigenvalue weighted by Crippen LogP contribution is 2.43. The standard InChI is InChI=1S/C24H34N4OS/c1-6-27(7-2)17(4)24-25-23(26-30-24)21-16(3)28(18-12-9-8-10-13-18)22-19(21)14-11-15-20(22)29-5/h11,14-15,17-18H,6-10,12-13H2,1-5H3. The second-order valence-electron chi connectivity index (χ2n) is 8.33. The first kappa shape index (κ1) is 21.3. The summed E-state index contributed by atoms with van der Waals surface area (Å²) in [4.78, 5) is 7.46. The Morgan fingerprint density at radius 1 is 1.20 bits per heavy atom. The Kier molecular flexibility index (Phi) is 6.44.